The fourth-order valence-corrected chi connectivity index (χ4v) is 4.32. The van der Waals surface area contributed by atoms with E-state index in [9.17, 15) is 14.4 Å². The molecule has 0 fully saturated rings. The van der Waals surface area contributed by atoms with E-state index >= 15 is 0 Å². The van der Waals surface area contributed by atoms with Gasteiger partial charge in [0.25, 0.3) is 5.91 Å². The molecular formula is C26H25NO8. The fraction of sp³-hybridized carbons (Fsp3) is 0.346. The van der Waals surface area contributed by atoms with Crippen LogP contribution in [0.4, 0.5) is 0 Å². The van der Waals surface area contributed by atoms with Crippen molar-refractivity contribution in [2.75, 3.05) is 33.0 Å². The first-order valence-corrected chi connectivity index (χ1v) is 11.6. The fourth-order valence-electron chi connectivity index (χ4n) is 4.32. The summed E-state index contributed by atoms with van der Waals surface area (Å²) < 4.78 is 26.9. The predicted molar refractivity (Wildman–Crippen MR) is 125 cm³/mol. The van der Waals surface area contributed by atoms with Gasteiger partial charge in [-0.25, -0.2) is 9.59 Å². The summed E-state index contributed by atoms with van der Waals surface area (Å²) in [5, 5.41) is 3.60. The van der Waals surface area contributed by atoms with E-state index in [1.165, 1.54) is 0 Å². The molecule has 2 heterocycles. The molecule has 0 atom stereocenters. The van der Waals surface area contributed by atoms with E-state index in [1.54, 1.807) is 12.1 Å². The Morgan fingerprint density at radius 3 is 2.66 bits per heavy atom. The van der Waals surface area contributed by atoms with Crippen LogP contribution < -0.4 is 25.2 Å². The zero-order chi connectivity index (χ0) is 24.2. The average Bonchev–Trinajstić information content (AvgIpc) is 3.37. The van der Waals surface area contributed by atoms with Gasteiger partial charge in [0.05, 0.1) is 0 Å². The van der Waals surface area contributed by atoms with Crippen LogP contribution in [0.5, 0.6) is 17.2 Å². The van der Waals surface area contributed by atoms with Gasteiger partial charge in [-0.15, -0.1) is 0 Å². The lowest BCUT2D eigenvalue weighted by molar-refractivity contribution is -0.150. The number of amides is 1. The summed E-state index contributed by atoms with van der Waals surface area (Å²) >= 11 is 0. The van der Waals surface area contributed by atoms with Gasteiger partial charge in [0.1, 0.15) is 24.5 Å². The van der Waals surface area contributed by atoms with Crippen molar-refractivity contribution >= 4 is 22.8 Å². The highest BCUT2D eigenvalue weighted by atomic mass is 16.6. The van der Waals surface area contributed by atoms with E-state index in [-0.39, 0.29) is 12.2 Å². The number of rotatable bonds is 8. The number of hydrogen-bond donors (Lipinski definition) is 1. The lowest BCUT2D eigenvalue weighted by Gasteiger charge is -2.18. The molecule has 3 aromatic rings. The third-order valence-corrected chi connectivity index (χ3v) is 6.01. The van der Waals surface area contributed by atoms with Crippen LogP contribution in [0.15, 0.2) is 45.6 Å². The van der Waals surface area contributed by atoms with Crippen LogP contribution in [0.3, 0.4) is 0 Å². The molecule has 1 aromatic heterocycles. The van der Waals surface area contributed by atoms with Crippen LogP contribution in [0.1, 0.15) is 23.1 Å². The third kappa shape index (κ3) is 5.24. The molecule has 1 amide bonds. The first kappa shape index (κ1) is 22.8. The van der Waals surface area contributed by atoms with Crippen LogP contribution in [-0.2, 0) is 33.6 Å². The van der Waals surface area contributed by atoms with Crippen molar-refractivity contribution in [1.82, 2.24) is 5.32 Å². The van der Waals surface area contributed by atoms with Gasteiger partial charge >= 0.3 is 11.6 Å². The first-order chi connectivity index (χ1) is 17.1. The minimum atomic E-state index is -0.678. The maximum atomic E-state index is 12.1. The Kier molecular flexibility index (Phi) is 6.56. The first-order valence-electron chi connectivity index (χ1n) is 11.6. The van der Waals surface area contributed by atoms with E-state index < -0.39 is 18.5 Å². The van der Waals surface area contributed by atoms with E-state index in [1.807, 2.05) is 24.3 Å². The van der Waals surface area contributed by atoms with Gasteiger partial charge in [-0.05, 0) is 61.1 Å². The largest absolute Gasteiger partial charge is 0.486 e. The quantitative estimate of drug-likeness (QED) is 0.387. The number of carbonyl (C=O) groups is 2. The van der Waals surface area contributed by atoms with Gasteiger partial charge < -0.3 is 28.7 Å². The maximum Gasteiger partial charge on any atom is 0.344 e. The minimum Gasteiger partial charge on any atom is -0.486 e. The molecule has 2 aliphatic rings. The van der Waals surface area contributed by atoms with Crippen molar-refractivity contribution in [2.24, 2.45) is 0 Å². The number of aryl methyl sites for hydroxylation is 1. The maximum absolute atomic E-state index is 12.1. The molecule has 0 saturated carbocycles. The summed E-state index contributed by atoms with van der Waals surface area (Å²) in [7, 11) is 0. The number of nitrogens with one attached hydrogen (secondary N) is 1. The zero-order valence-electron chi connectivity index (χ0n) is 19.1. The third-order valence-electron chi connectivity index (χ3n) is 6.01. The Balaban J connectivity index is 1.05. The molecule has 9 heteroatoms. The number of carbonyl (C=O) groups excluding carboxylic acids is 2. The van der Waals surface area contributed by atoms with E-state index in [2.05, 4.69) is 5.32 Å². The number of esters is 1. The SMILES string of the molecule is O=C(COC(=O)COc1ccc2c3c(c(=O)oc2c1)CCC3)NCCc1ccc2c(c1)OCCO2. The second-order valence-corrected chi connectivity index (χ2v) is 8.39. The van der Waals surface area contributed by atoms with Crippen molar-refractivity contribution in [2.45, 2.75) is 25.7 Å². The minimum absolute atomic E-state index is 0.318. The Hall–Kier alpha value is -4.01. The highest BCUT2D eigenvalue weighted by Gasteiger charge is 2.20. The van der Waals surface area contributed by atoms with Gasteiger partial charge in [0.15, 0.2) is 24.7 Å². The van der Waals surface area contributed by atoms with E-state index in [0.717, 1.165) is 47.1 Å². The molecule has 9 nitrogen and oxygen atoms in total. The molecule has 35 heavy (non-hydrogen) atoms. The normalized spacial score (nSPS) is 13.8. The molecular weight excluding hydrogens is 454 g/mol. The van der Waals surface area contributed by atoms with Crippen LogP contribution in [0.2, 0.25) is 0 Å². The predicted octanol–water partition coefficient (Wildman–Crippen LogP) is 2.33. The molecule has 5 rings (SSSR count). The molecule has 0 unspecified atom stereocenters. The Bertz CT molecular complexity index is 1330. The Morgan fingerprint density at radius 2 is 1.77 bits per heavy atom. The molecule has 1 aliphatic heterocycles. The van der Waals surface area contributed by atoms with Crippen molar-refractivity contribution in [3.05, 3.63) is 63.5 Å². The smallest absolute Gasteiger partial charge is 0.344 e. The average molecular weight is 479 g/mol. The van der Waals surface area contributed by atoms with Crippen LogP contribution in [0.25, 0.3) is 11.0 Å². The molecule has 0 bridgehead atoms. The molecule has 0 radical (unpaired) electrons. The van der Waals surface area contributed by atoms with Gasteiger partial charge in [0, 0.05) is 23.6 Å². The summed E-state index contributed by atoms with van der Waals surface area (Å²) in [6.07, 6.45) is 3.13. The zero-order valence-corrected chi connectivity index (χ0v) is 19.1. The monoisotopic (exact) mass is 479 g/mol. The molecule has 0 saturated heterocycles. The molecule has 2 aromatic carbocycles. The number of fused-ring (bicyclic) bond motifs is 4. The molecule has 182 valence electrons. The Morgan fingerprint density at radius 1 is 0.943 bits per heavy atom. The number of ether oxygens (including phenoxy) is 4. The van der Waals surface area contributed by atoms with Gasteiger partial charge in [-0.3, -0.25) is 4.79 Å². The molecule has 0 spiro atoms. The van der Waals surface area contributed by atoms with Gasteiger partial charge in [-0.1, -0.05) is 6.07 Å². The van der Waals surface area contributed by atoms with E-state index in [0.29, 0.717) is 43.3 Å². The highest BCUT2D eigenvalue weighted by Crippen LogP contribution is 2.31. The standard InChI is InChI=1S/C26H25NO8/c28-24(27-9-8-16-4-7-21-23(12-16)32-11-10-31-21)14-34-25(29)15-33-17-5-6-19-18-2-1-3-20(18)26(30)35-22(19)13-17/h4-7,12-13H,1-3,8-11,14-15H2,(H,27,28). The van der Waals surface area contributed by atoms with E-state index in [4.69, 9.17) is 23.4 Å². The summed E-state index contributed by atoms with van der Waals surface area (Å²) in [6.45, 7) is 0.668. The molecule has 1 aliphatic carbocycles. The van der Waals surface area contributed by atoms with Crippen LogP contribution >= 0.6 is 0 Å². The van der Waals surface area contributed by atoms with Crippen LogP contribution in [-0.4, -0.2) is 44.8 Å². The summed E-state index contributed by atoms with van der Waals surface area (Å²) in [5.41, 5.74) is 2.89. The number of benzene rings is 2. The number of hydrogen-bond acceptors (Lipinski definition) is 8. The second-order valence-electron chi connectivity index (χ2n) is 8.39. The Labute approximate surface area is 200 Å². The summed E-state index contributed by atoms with van der Waals surface area (Å²) in [6, 6.07) is 10.8. The van der Waals surface area contributed by atoms with Gasteiger partial charge in [-0.2, -0.15) is 0 Å². The van der Waals surface area contributed by atoms with Crippen LogP contribution in [0, 0.1) is 0 Å². The van der Waals surface area contributed by atoms with Crippen molar-refractivity contribution in [3.8, 4) is 17.2 Å². The molecule has 1 N–H and O–H groups in total. The summed E-state index contributed by atoms with van der Waals surface area (Å²) in [4.78, 5) is 36.1. The topological polar surface area (TPSA) is 113 Å². The highest BCUT2D eigenvalue weighted by molar-refractivity contribution is 5.83. The van der Waals surface area contributed by atoms with Gasteiger partial charge in [0.2, 0.25) is 0 Å². The van der Waals surface area contributed by atoms with Crippen molar-refractivity contribution in [3.63, 3.8) is 0 Å². The lowest BCUT2D eigenvalue weighted by atomic mass is 10.1. The summed E-state index contributed by atoms with van der Waals surface area (Å²) in [5.74, 6) is 0.709. The van der Waals surface area contributed by atoms with Crippen molar-refractivity contribution in [1.29, 1.82) is 0 Å². The second kappa shape index (κ2) is 10.1. The lowest BCUT2D eigenvalue weighted by Crippen LogP contribution is -2.31. The van der Waals surface area contributed by atoms with Crippen molar-refractivity contribution < 1.29 is 33.0 Å².